The Hall–Kier alpha value is -0.790. The van der Waals surface area contributed by atoms with Crippen molar-refractivity contribution in [1.82, 2.24) is 5.32 Å². The third-order valence-corrected chi connectivity index (χ3v) is 3.55. The lowest BCUT2D eigenvalue weighted by molar-refractivity contribution is 0.0936. The largest absolute Gasteiger partial charge is 0.348 e. The summed E-state index contributed by atoms with van der Waals surface area (Å²) < 4.78 is 1.64. The molecule has 0 aromatic heterocycles. The van der Waals surface area contributed by atoms with Crippen molar-refractivity contribution in [3.05, 3.63) is 32.7 Å². The first-order valence-electron chi connectivity index (χ1n) is 5.27. The van der Waals surface area contributed by atoms with Crippen LogP contribution in [0.3, 0.4) is 0 Å². The Morgan fingerprint density at radius 3 is 2.82 bits per heavy atom. The number of rotatable bonds is 4. The van der Waals surface area contributed by atoms with Crippen LogP contribution < -0.4 is 5.32 Å². The molecular weight excluding hydrogens is 346 g/mol. The first-order valence-corrected chi connectivity index (χ1v) is 6.86. The molecule has 1 aromatic rings. The highest BCUT2D eigenvalue weighted by molar-refractivity contribution is 9.11. The molecular formula is C13H13Br2NO. The third kappa shape index (κ3) is 4.18. The number of halogens is 2. The molecule has 1 unspecified atom stereocenters. The zero-order valence-electron chi connectivity index (χ0n) is 9.47. The maximum absolute atomic E-state index is 12.0. The SMILES string of the molecule is C#CCC(CC)NC(=O)c1cc(Br)ccc1Br. The molecule has 0 fully saturated rings. The lowest BCUT2D eigenvalue weighted by atomic mass is 10.1. The number of carbonyl (C=O) groups is 1. The summed E-state index contributed by atoms with van der Waals surface area (Å²) in [6.45, 7) is 2.00. The monoisotopic (exact) mass is 357 g/mol. The molecule has 0 radical (unpaired) electrons. The van der Waals surface area contributed by atoms with Crippen LogP contribution in [0.15, 0.2) is 27.1 Å². The van der Waals surface area contributed by atoms with E-state index < -0.39 is 0 Å². The summed E-state index contributed by atoms with van der Waals surface area (Å²) in [5, 5.41) is 2.92. The van der Waals surface area contributed by atoms with Gasteiger partial charge in [0.05, 0.1) is 5.56 Å². The van der Waals surface area contributed by atoms with E-state index in [4.69, 9.17) is 6.42 Å². The van der Waals surface area contributed by atoms with Gasteiger partial charge in [-0.3, -0.25) is 4.79 Å². The number of terminal acetylenes is 1. The number of nitrogens with one attached hydrogen (secondary N) is 1. The lowest BCUT2D eigenvalue weighted by Gasteiger charge is -2.15. The van der Waals surface area contributed by atoms with E-state index in [-0.39, 0.29) is 11.9 Å². The molecule has 0 aliphatic rings. The smallest absolute Gasteiger partial charge is 0.252 e. The van der Waals surface area contributed by atoms with Crippen LogP contribution in [0.5, 0.6) is 0 Å². The normalized spacial score (nSPS) is 11.6. The maximum Gasteiger partial charge on any atom is 0.252 e. The molecule has 2 nitrogen and oxygen atoms in total. The van der Waals surface area contributed by atoms with Gasteiger partial charge in [-0.05, 0) is 40.5 Å². The molecule has 1 aromatic carbocycles. The van der Waals surface area contributed by atoms with Crippen molar-refractivity contribution in [2.75, 3.05) is 0 Å². The van der Waals surface area contributed by atoms with Crippen LogP contribution in [-0.4, -0.2) is 11.9 Å². The predicted molar refractivity (Wildman–Crippen MR) is 76.8 cm³/mol. The average molecular weight is 359 g/mol. The highest BCUT2D eigenvalue weighted by Crippen LogP contribution is 2.21. The number of hydrogen-bond donors (Lipinski definition) is 1. The quantitative estimate of drug-likeness (QED) is 0.816. The van der Waals surface area contributed by atoms with Crippen LogP contribution >= 0.6 is 31.9 Å². The number of carbonyl (C=O) groups excluding carboxylic acids is 1. The van der Waals surface area contributed by atoms with Crippen molar-refractivity contribution in [1.29, 1.82) is 0 Å². The van der Waals surface area contributed by atoms with Crippen LogP contribution in [0.2, 0.25) is 0 Å². The number of hydrogen-bond acceptors (Lipinski definition) is 1. The Kier molecular flexibility index (Phi) is 5.73. The first kappa shape index (κ1) is 14.3. The van der Waals surface area contributed by atoms with Gasteiger partial charge in [-0.1, -0.05) is 22.9 Å². The van der Waals surface area contributed by atoms with E-state index in [1.54, 1.807) is 6.07 Å². The minimum absolute atomic E-state index is 0.0263. The summed E-state index contributed by atoms with van der Waals surface area (Å²) in [6, 6.07) is 5.52. The van der Waals surface area contributed by atoms with Gasteiger partial charge in [-0.15, -0.1) is 12.3 Å². The topological polar surface area (TPSA) is 29.1 Å². The maximum atomic E-state index is 12.0. The van der Waals surface area contributed by atoms with Gasteiger partial charge in [0.2, 0.25) is 0 Å². The fourth-order valence-electron chi connectivity index (χ4n) is 1.37. The first-order chi connectivity index (χ1) is 8.08. The zero-order chi connectivity index (χ0) is 12.8. The van der Waals surface area contributed by atoms with E-state index >= 15 is 0 Å². The fraction of sp³-hybridized carbons (Fsp3) is 0.308. The molecule has 1 atom stereocenters. The van der Waals surface area contributed by atoms with Gasteiger partial charge >= 0.3 is 0 Å². The van der Waals surface area contributed by atoms with Crippen LogP contribution in [0.25, 0.3) is 0 Å². The van der Waals surface area contributed by atoms with Crippen LogP contribution in [0.4, 0.5) is 0 Å². The van der Waals surface area contributed by atoms with E-state index in [1.807, 2.05) is 19.1 Å². The summed E-state index contributed by atoms with van der Waals surface area (Å²) in [4.78, 5) is 12.0. The van der Waals surface area contributed by atoms with E-state index in [9.17, 15) is 4.79 Å². The van der Waals surface area contributed by atoms with Gasteiger partial charge in [0.1, 0.15) is 0 Å². The van der Waals surface area contributed by atoms with Gasteiger partial charge in [0.15, 0.2) is 0 Å². The van der Waals surface area contributed by atoms with Gasteiger partial charge < -0.3 is 5.32 Å². The predicted octanol–water partition coefficient (Wildman–Crippen LogP) is 3.74. The molecule has 0 aliphatic heterocycles. The van der Waals surface area contributed by atoms with Gasteiger partial charge in [-0.2, -0.15) is 0 Å². The molecule has 1 rings (SSSR count). The second kappa shape index (κ2) is 6.83. The van der Waals surface area contributed by atoms with E-state index in [0.717, 1.165) is 15.4 Å². The number of amides is 1. The van der Waals surface area contributed by atoms with Gasteiger partial charge in [0, 0.05) is 21.4 Å². The Bertz CT molecular complexity index is 451. The fourth-order valence-corrected chi connectivity index (χ4v) is 2.16. The number of benzene rings is 1. The van der Waals surface area contributed by atoms with Crippen molar-refractivity contribution < 1.29 is 4.79 Å². The molecule has 0 heterocycles. The average Bonchev–Trinajstić information content (AvgIpc) is 2.31. The summed E-state index contributed by atoms with van der Waals surface area (Å²) in [7, 11) is 0. The van der Waals surface area contributed by atoms with Gasteiger partial charge in [-0.25, -0.2) is 0 Å². The van der Waals surface area contributed by atoms with E-state index in [0.29, 0.717) is 12.0 Å². The molecule has 90 valence electrons. The molecule has 1 amide bonds. The van der Waals surface area contributed by atoms with E-state index in [2.05, 4.69) is 43.1 Å². The summed E-state index contributed by atoms with van der Waals surface area (Å²) >= 11 is 6.71. The third-order valence-electron chi connectivity index (χ3n) is 2.37. The van der Waals surface area contributed by atoms with Gasteiger partial charge in [0.25, 0.3) is 5.91 Å². The highest BCUT2D eigenvalue weighted by atomic mass is 79.9. The Morgan fingerprint density at radius 1 is 1.53 bits per heavy atom. The van der Waals surface area contributed by atoms with Crippen LogP contribution in [0, 0.1) is 12.3 Å². The minimum Gasteiger partial charge on any atom is -0.348 e. The molecule has 0 bridgehead atoms. The Labute approximate surface area is 118 Å². The summed E-state index contributed by atoms with van der Waals surface area (Å²) in [5.41, 5.74) is 0.606. The molecule has 17 heavy (non-hydrogen) atoms. The molecule has 0 aliphatic carbocycles. The Morgan fingerprint density at radius 2 is 2.24 bits per heavy atom. The zero-order valence-corrected chi connectivity index (χ0v) is 12.6. The summed E-state index contributed by atoms with van der Waals surface area (Å²) in [5.74, 6) is 2.45. The second-order valence-corrected chi connectivity index (χ2v) is 5.38. The molecule has 0 saturated heterocycles. The minimum atomic E-state index is -0.111. The van der Waals surface area contributed by atoms with E-state index in [1.165, 1.54) is 0 Å². The molecule has 1 N–H and O–H groups in total. The lowest BCUT2D eigenvalue weighted by Crippen LogP contribution is -2.34. The van der Waals surface area contributed by atoms with Crippen molar-refractivity contribution in [2.45, 2.75) is 25.8 Å². The van der Waals surface area contributed by atoms with Crippen LogP contribution in [-0.2, 0) is 0 Å². The van der Waals surface area contributed by atoms with Crippen molar-refractivity contribution in [3.63, 3.8) is 0 Å². The molecule has 0 spiro atoms. The van der Waals surface area contributed by atoms with Crippen molar-refractivity contribution in [3.8, 4) is 12.3 Å². The molecule has 0 saturated carbocycles. The second-order valence-electron chi connectivity index (χ2n) is 3.61. The van der Waals surface area contributed by atoms with Crippen molar-refractivity contribution >= 4 is 37.8 Å². The van der Waals surface area contributed by atoms with Crippen molar-refractivity contribution in [2.24, 2.45) is 0 Å². The highest BCUT2D eigenvalue weighted by Gasteiger charge is 2.14. The standard InChI is InChI=1S/C13H13Br2NO/c1-3-5-10(4-2)16-13(17)11-8-9(14)6-7-12(11)15/h1,6-8,10H,4-5H2,2H3,(H,16,17). The molecule has 4 heteroatoms. The summed E-state index contributed by atoms with van der Waals surface area (Å²) in [6.07, 6.45) is 6.63. The van der Waals surface area contributed by atoms with Crippen LogP contribution in [0.1, 0.15) is 30.1 Å². The Balaban J connectivity index is 2.82.